The Balaban J connectivity index is 2.49. The van der Waals surface area contributed by atoms with Crippen LogP contribution in [0.5, 0.6) is 0 Å². The van der Waals surface area contributed by atoms with E-state index in [9.17, 15) is 4.79 Å². The highest BCUT2D eigenvalue weighted by Gasteiger charge is 2.09. The Kier molecular flexibility index (Phi) is 6.85. The summed E-state index contributed by atoms with van der Waals surface area (Å²) in [6, 6.07) is 7.38. The van der Waals surface area contributed by atoms with Crippen LogP contribution in [-0.4, -0.2) is 18.5 Å². The van der Waals surface area contributed by atoms with Gasteiger partial charge in [0.15, 0.2) is 0 Å². The second kappa shape index (κ2) is 8.16. The summed E-state index contributed by atoms with van der Waals surface area (Å²) in [7, 11) is 0. The molecule has 0 saturated carbocycles. The summed E-state index contributed by atoms with van der Waals surface area (Å²) < 4.78 is 0.855. The molecule has 0 heterocycles. The lowest BCUT2D eigenvalue weighted by molar-refractivity contribution is -0.115. The highest BCUT2D eigenvalue weighted by atomic mass is 79.9. The van der Waals surface area contributed by atoms with Crippen molar-refractivity contribution in [3.63, 3.8) is 0 Å². The second-order valence-corrected chi connectivity index (χ2v) is 5.34. The van der Waals surface area contributed by atoms with E-state index in [0.29, 0.717) is 17.1 Å². The second-order valence-electron chi connectivity index (χ2n) is 4.02. The van der Waals surface area contributed by atoms with Crippen LogP contribution in [0.2, 0.25) is 5.02 Å². The number of hydrogen-bond donors (Lipinski definition) is 2. The van der Waals surface area contributed by atoms with Crippen LogP contribution < -0.4 is 10.6 Å². The Morgan fingerprint density at radius 3 is 2.89 bits per heavy atom. The van der Waals surface area contributed by atoms with Crippen LogP contribution in [0.4, 0.5) is 5.69 Å². The molecule has 0 aliphatic carbocycles. The molecule has 0 unspecified atom stereocenters. The molecule has 6 heteroatoms. The average Bonchev–Trinajstić information content (AvgIpc) is 2.38. The van der Waals surface area contributed by atoms with Crippen molar-refractivity contribution in [2.24, 2.45) is 0 Å². The van der Waals surface area contributed by atoms with Gasteiger partial charge in [-0.1, -0.05) is 34.5 Å². The van der Waals surface area contributed by atoms with E-state index in [2.05, 4.69) is 32.6 Å². The van der Waals surface area contributed by atoms with E-state index >= 15 is 0 Å². The highest BCUT2D eigenvalue weighted by molar-refractivity contribution is 9.10. The van der Waals surface area contributed by atoms with Crippen LogP contribution >= 0.6 is 27.5 Å². The van der Waals surface area contributed by atoms with Crippen LogP contribution in [0.1, 0.15) is 19.8 Å². The molecule has 1 rings (SSSR count). The third-order valence-electron chi connectivity index (χ3n) is 2.59. The molecule has 0 radical (unpaired) electrons. The predicted octanol–water partition coefficient (Wildman–Crippen LogP) is 3.32. The molecule has 19 heavy (non-hydrogen) atoms. The maximum atomic E-state index is 11.7. The van der Waals surface area contributed by atoms with Crippen molar-refractivity contribution in [2.45, 2.75) is 25.8 Å². The van der Waals surface area contributed by atoms with Gasteiger partial charge in [0.05, 0.1) is 29.7 Å². The van der Waals surface area contributed by atoms with Crippen molar-refractivity contribution in [1.29, 1.82) is 5.26 Å². The lowest BCUT2D eigenvalue weighted by atomic mass is 10.2. The first-order chi connectivity index (χ1) is 9.06. The van der Waals surface area contributed by atoms with E-state index < -0.39 is 0 Å². The van der Waals surface area contributed by atoms with E-state index in [0.717, 1.165) is 10.9 Å². The standard InChI is InChI=1S/C13H15BrClN3O/c1-2-10(5-6-16)17-8-13(19)18-12-4-3-9(14)7-11(12)15/h3-4,7,10,17H,2,5,8H2,1H3,(H,18,19)/t10-/m1/s1. The molecule has 1 aromatic rings. The van der Waals surface area contributed by atoms with E-state index in [4.69, 9.17) is 16.9 Å². The Hall–Kier alpha value is -1.09. The molecule has 0 aliphatic rings. The molecule has 0 fully saturated rings. The number of anilines is 1. The summed E-state index contributed by atoms with van der Waals surface area (Å²) in [4.78, 5) is 11.7. The first kappa shape index (κ1) is 16.0. The first-order valence-electron chi connectivity index (χ1n) is 5.92. The topological polar surface area (TPSA) is 64.9 Å². The number of nitrogens with one attached hydrogen (secondary N) is 2. The number of amides is 1. The molecular weight excluding hydrogens is 330 g/mol. The summed E-state index contributed by atoms with van der Waals surface area (Å²) >= 11 is 9.30. The fourth-order valence-electron chi connectivity index (χ4n) is 1.49. The van der Waals surface area contributed by atoms with Crippen LogP contribution in [0.3, 0.4) is 0 Å². The average molecular weight is 345 g/mol. The van der Waals surface area contributed by atoms with Gasteiger partial charge in [-0.2, -0.15) is 5.26 Å². The summed E-state index contributed by atoms with van der Waals surface area (Å²) in [6.07, 6.45) is 1.20. The molecule has 2 N–H and O–H groups in total. The molecule has 0 bridgehead atoms. The predicted molar refractivity (Wildman–Crippen MR) is 80.1 cm³/mol. The number of benzene rings is 1. The minimum absolute atomic E-state index is 0.0381. The van der Waals surface area contributed by atoms with Gasteiger partial charge in [0.25, 0.3) is 0 Å². The van der Waals surface area contributed by atoms with Gasteiger partial charge >= 0.3 is 0 Å². The van der Waals surface area contributed by atoms with Gasteiger partial charge in [-0.25, -0.2) is 0 Å². The zero-order chi connectivity index (χ0) is 14.3. The SMILES string of the molecule is CC[C@H](CC#N)NCC(=O)Nc1ccc(Br)cc1Cl. The van der Waals surface area contributed by atoms with Gasteiger partial charge in [-0.3, -0.25) is 4.79 Å². The number of carbonyl (C=O) groups is 1. The van der Waals surface area contributed by atoms with E-state index in [1.165, 1.54) is 0 Å². The number of rotatable bonds is 6. The summed E-state index contributed by atoms with van der Waals surface area (Å²) in [5.74, 6) is -0.180. The molecule has 102 valence electrons. The van der Waals surface area contributed by atoms with Crippen LogP contribution in [0.25, 0.3) is 0 Å². The summed E-state index contributed by atoms with van der Waals surface area (Å²) in [6.45, 7) is 2.13. The Bertz CT molecular complexity index is 487. The van der Waals surface area contributed by atoms with E-state index in [1.54, 1.807) is 18.2 Å². The van der Waals surface area contributed by atoms with Crippen LogP contribution in [0, 0.1) is 11.3 Å². The fraction of sp³-hybridized carbons (Fsp3) is 0.385. The van der Waals surface area contributed by atoms with Crippen molar-refractivity contribution < 1.29 is 4.79 Å². The number of nitriles is 1. The van der Waals surface area contributed by atoms with Gasteiger partial charge in [-0.15, -0.1) is 0 Å². The minimum atomic E-state index is -0.180. The van der Waals surface area contributed by atoms with Crippen molar-refractivity contribution in [3.05, 3.63) is 27.7 Å². The van der Waals surface area contributed by atoms with Gasteiger partial charge in [-0.05, 0) is 24.6 Å². The zero-order valence-electron chi connectivity index (χ0n) is 10.5. The van der Waals surface area contributed by atoms with Crippen molar-refractivity contribution >= 4 is 39.1 Å². The molecule has 0 spiro atoms. The molecule has 0 saturated heterocycles. The number of hydrogen-bond acceptors (Lipinski definition) is 3. The molecular formula is C13H15BrClN3O. The molecule has 1 amide bonds. The summed E-state index contributed by atoms with van der Waals surface area (Å²) in [5.41, 5.74) is 0.574. The Morgan fingerprint density at radius 1 is 1.58 bits per heavy atom. The minimum Gasteiger partial charge on any atom is -0.324 e. The van der Waals surface area contributed by atoms with Gasteiger partial charge in [0.1, 0.15) is 0 Å². The molecule has 1 aromatic carbocycles. The van der Waals surface area contributed by atoms with E-state index in [-0.39, 0.29) is 18.5 Å². The lowest BCUT2D eigenvalue weighted by Gasteiger charge is -2.13. The number of nitrogens with zero attached hydrogens (tertiary/aromatic N) is 1. The normalized spacial score (nSPS) is 11.7. The van der Waals surface area contributed by atoms with Crippen molar-refractivity contribution in [3.8, 4) is 6.07 Å². The number of halogens is 2. The molecule has 1 atom stereocenters. The first-order valence-corrected chi connectivity index (χ1v) is 7.09. The fourth-order valence-corrected chi connectivity index (χ4v) is 2.21. The maximum absolute atomic E-state index is 11.7. The lowest BCUT2D eigenvalue weighted by Crippen LogP contribution is -2.35. The number of carbonyl (C=O) groups excluding carboxylic acids is 1. The van der Waals surface area contributed by atoms with Crippen molar-refractivity contribution in [2.75, 3.05) is 11.9 Å². The molecule has 0 aromatic heterocycles. The van der Waals surface area contributed by atoms with Gasteiger partial charge in [0.2, 0.25) is 5.91 Å². The Labute approximate surface area is 126 Å². The van der Waals surface area contributed by atoms with Crippen LogP contribution in [-0.2, 0) is 4.79 Å². The maximum Gasteiger partial charge on any atom is 0.238 e. The van der Waals surface area contributed by atoms with Crippen molar-refractivity contribution in [1.82, 2.24) is 5.32 Å². The third-order valence-corrected chi connectivity index (χ3v) is 3.39. The molecule has 0 aliphatic heterocycles. The third kappa shape index (κ3) is 5.60. The molecule has 4 nitrogen and oxygen atoms in total. The monoisotopic (exact) mass is 343 g/mol. The quantitative estimate of drug-likeness (QED) is 0.832. The smallest absolute Gasteiger partial charge is 0.238 e. The van der Waals surface area contributed by atoms with Gasteiger partial charge < -0.3 is 10.6 Å². The zero-order valence-corrected chi connectivity index (χ0v) is 12.9. The largest absolute Gasteiger partial charge is 0.324 e. The van der Waals surface area contributed by atoms with Gasteiger partial charge in [0, 0.05) is 10.5 Å². The summed E-state index contributed by atoms with van der Waals surface area (Å²) in [5, 5.41) is 14.9. The highest BCUT2D eigenvalue weighted by Crippen LogP contribution is 2.25. The van der Waals surface area contributed by atoms with Crippen LogP contribution in [0.15, 0.2) is 22.7 Å². The Morgan fingerprint density at radius 2 is 2.32 bits per heavy atom. The van der Waals surface area contributed by atoms with E-state index in [1.807, 2.05) is 6.92 Å².